The molecule has 0 fully saturated rings. The Morgan fingerprint density at radius 3 is 1.95 bits per heavy atom. The molecule has 5 aromatic rings. The SMILES string of the molecule is Cc1ccc(N(c2ccc(C)cc2)c2cnc3c(c2)C(C)(C)c2cc(/C=C4\C(=O)c5ccccc5C4(C)C)oc2-3)cc1. The van der Waals surface area contributed by atoms with Crippen LogP contribution in [-0.2, 0) is 10.8 Å². The number of aromatic nitrogens is 1. The lowest BCUT2D eigenvalue weighted by atomic mass is 9.81. The Balaban J connectivity index is 1.30. The van der Waals surface area contributed by atoms with Crippen LogP contribution in [0.15, 0.2) is 101 Å². The number of furan rings is 1. The van der Waals surface area contributed by atoms with Crippen molar-refractivity contribution in [2.24, 2.45) is 0 Å². The molecule has 42 heavy (non-hydrogen) atoms. The van der Waals surface area contributed by atoms with Crippen LogP contribution in [0.1, 0.15) is 71.6 Å². The fourth-order valence-corrected chi connectivity index (χ4v) is 6.52. The molecule has 0 N–H and O–H groups in total. The Kier molecular flexibility index (Phi) is 5.71. The van der Waals surface area contributed by atoms with E-state index in [1.807, 2.05) is 36.5 Å². The molecule has 2 aliphatic rings. The maximum atomic E-state index is 13.4. The third-order valence-electron chi connectivity index (χ3n) is 9.08. The van der Waals surface area contributed by atoms with E-state index >= 15 is 0 Å². The maximum Gasteiger partial charge on any atom is 0.190 e. The summed E-state index contributed by atoms with van der Waals surface area (Å²) in [4.78, 5) is 20.6. The second-order valence-corrected chi connectivity index (χ2v) is 12.7. The van der Waals surface area contributed by atoms with E-state index in [1.54, 1.807) is 0 Å². The zero-order chi connectivity index (χ0) is 29.4. The number of carbonyl (C=O) groups is 1. The second kappa shape index (κ2) is 9.15. The average molecular weight is 551 g/mol. The number of nitrogens with zero attached hydrogens (tertiary/aromatic N) is 2. The molecule has 208 valence electrons. The van der Waals surface area contributed by atoms with Crippen LogP contribution >= 0.6 is 0 Å². The van der Waals surface area contributed by atoms with Crippen LogP contribution in [-0.4, -0.2) is 10.8 Å². The Bertz CT molecular complexity index is 1860. The third kappa shape index (κ3) is 3.89. The van der Waals surface area contributed by atoms with Crippen LogP contribution in [0.5, 0.6) is 0 Å². The molecule has 0 unspecified atom stereocenters. The number of rotatable bonds is 4. The summed E-state index contributed by atoms with van der Waals surface area (Å²) in [6.07, 6.45) is 3.87. The molecule has 3 aromatic carbocycles. The van der Waals surface area contributed by atoms with Crippen molar-refractivity contribution in [1.29, 1.82) is 0 Å². The van der Waals surface area contributed by atoms with Crippen molar-refractivity contribution in [1.82, 2.24) is 4.98 Å². The Morgan fingerprint density at radius 1 is 0.714 bits per heavy atom. The maximum absolute atomic E-state index is 13.4. The molecule has 2 heterocycles. The van der Waals surface area contributed by atoms with Crippen LogP contribution in [0, 0.1) is 13.8 Å². The molecule has 0 radical (unpaired) electrons. The molecule has 2 aliphatic carbocycles. The minimum absolute atomic E-state index is 0.0712. The summed E-state index contributed by atoms with van der Waals surface area (Å²) in [5.74, 6) is 1.54. The van der Waals surface area contributed by atoms with Gasteiger partial charge in [0.15, 0.2) is 11.5 Å². The number of aryl methyl sites for hydroxylation is 2. The van der Waals surface area contributed by atoms with Gasteiger partial charge in [0.1, 0.15) is 11.5 Å². The number of Topliss-reactive ketones (excluding diaryl/α,β-unsaturated/α-hetero) is 1. The number of allylic oxidation sites excluding steroid dienone is 1. The summed E-state index contributed by atoms with van der Waals surface area (Å²) >= 11 is 0. The van der Waals surface area contributed by atoms with Crippen molar-refractivity contribution in [2.75, 3.05) is 4.90 Å². The van der Waals surface area contributed by atoms with E-state index in [4.69, 9.17) is 9.40 Å². The molecule has 0 saturated heterocycles. The average Bonchev–Trinajstić information content (AvgIpc) is 3.55. The summed E-state index contributed by atoms with van der Waals surface area (Å²) in [6, 6.07) is 29.4. The summed E-state index contributed by atoms with van der Waals surface area (Å²) < 4.78 is 6.48. The summed E-state index contributed by atoms with van der Waals surface area (Å²) in [7, 11) is 0. The van der Waals surface area contributed by atoms with E-state index in [-0.39, 0.29) is 16.6 Å². The summed E-state index contributed by atoms with van der Waals surface area (Å²) in [6.45, 7) is 12.9. The number of fused-ring (bicyclic) bond motifs is 4. The number of hydrogen-bond acceptors (Lipinski definition) is 4. The molecule has 4 heteroatoms. The van der Waals surface area contributed by atoms with Crippen LogP contribution in [0.25, 0.3) is 17.5 Å². The van der Waals surface area contributed by atoms with E-state index < -0.39 is 0 Å². The smallest absolute Gasteiger partial charge is 0.190 e. The Hall–Kier alpha value is -4.70. The van der Waals surface area contributed by atoms with E-state index in [9.17, 15) is 4.79 Å². The molecular formula is C38H34N2O2. The fourth-order valence-electron chi connectivity index (χ4n) is 6.52. The van der Waals surface area contributed by atoms with Crippen LogP contribution in [0.4, 0.5) is 17.1 Å². The summed E-state index contributed by atoms with van der Waals surface area (Å²) in [5, 5.41) is 0. The van der Waals surface area contributed by atoms with Crippen molar-refractivity contribution in [2.45, 2.75) is 52.4 Å². The molecule has 0 spiro atoms. The highest BCUT2D eigenvalue weighted by Crippen LogP contribution is 2.52. The van der Waals surface area contributed by atoms with E-state index in [2.05, 4.69) is 107 Å². The predicted molar refractivity (Wildman–Crippen MR) is 170 cm³/mol. The topological polar surface area (TPSA) is 46.3 Å². The molecule has 7 rings (SSSR count). The number of hydrogen-bond donors (Lipinski definition) is 0. The van der Waals surface area contributed by atoms with Gasteiger partial charge in [0.2, 0.25) is 0 Å². The molecule has 0 amide bonds. The third-order valence-corrected chi connectivity index (χ3v) is 9.08. The van der Waals surface area contributed by atoms with Gasteiger partial charge in [-0.3, -0.25) is 9.78 Å². The van der Waals surface area contributed by atoms with Crippen molar-refractivity contribution >= 4 is 28.9 Å². The second-order valence-electron chi connectivity index (χ2n) is 12.7. The lowest BCUT2D eigenvalue weighted by Crippen LogP contribution is -2.17. The zero-order valence-corrected chi connectivity index (χ0v) is 24.9. The van der Waals surface area contributed by atoms with E-state index in [0.29, 0.717) is 5.76 Å². The normalized spacial score (nSPS) is 16.8. The van der Waals surface area contributed by atoms with Gasteiger partial charge < -0.3 is 9.32 Å². The molecule has 4 nitrogen and oxygen atoms in total. The predicted octanol–water partition coefficient (Wildman–Crippen LogP) is 9.63. The fraction of sp³-hybridized carbons (Fsp3) is 0.211. The van der Waals surface area contributed by atoms with Crippen molar-refractivity contribution in [3.05, 3.63) is 136 Å². The molecule has 0 saturated carbocycles. The van der Waals surface area contributed by atoms with Gasteiger partial charge in [0.05, 0.1) is 11.9 Å². The quantitative estimate of drug-likeness (QED) is 0.209. The summed E-state index contributed by atoms with van der Waals surface area (Å²) in [5.41, 5.74) is 10.6. The number of benzene rings is 3. The van der Waals surface area contributed by atoms with Gasteiger partial charge in [-0.2, -0.15) is 0 Å². The van der Waals surface area contributed by atoms with E-state index in [1.165, 1.54) is 11.1 Å². The van der Waals surface area contributed by atoms with Crippen LogP contribution < -0.4 is 4.90 Å². The first-order valence-electron chi connectivity index (χ1n) is 14.5. The highest BCUT2D eigenvalue weighted by molar-refractivity contribution is 6.17. The molecule has 0 atom stereocenters. The van der Waals surface area contributed by atoms with Gasteiger partial charge in [-0.05, 0) is 67.4 Å². The molecule has 0 bridgehead atoms. The first-order chi connectivity index (χ1) is 20.1. The minimum Gasteiger partial charge on any atom is -0.455 e. The Labute approximate surface area is 247 Å². The van der Waals surface area contributed by atoms with Crippen LogP contribution in [0.3, 0.4) is 0 Å². The Morgan fingerprint density at radius 2 is 1.33 bits per heavy atom. The van der Waals surface area contributed by atoms with Crippen molar-refractivity contribution in [3.63, 3.8) is 0 Å². The van der Waals surface area contributed by atoms with Gasteiger partial charge in [0.25, 0.3) is 0 Å². The molecular weight excluding hydrogens is 516 g/mol. The number of anilines is 3. The highest BCUT2D eigenvalue weighted by Gasteiger charge is 2.43. The lowest BCUT2D eigenvalue weighted by molar-refractivity contribution is 0.103. The van der Waals surface area contributed by atoms with Crippen molar-refractivity contribution in [3.8, 4) is 11.5 Å². The highest BCUT2D eigenvalue weighted by atomic mass is 16.3. The molecule has 2 aromatic heterocycles. The van der Waals surface area contributed by atoms with Gasteiger partial charge in [-0.25, -0.2) is 0 Å². The van der Waals surface area contributed by atoms with Crippen molar-refractivity contribution < 1.29 is 9.21 Å². The van der Waals surface area contributed by atoms with Gasteiger partial charge in [-0.1, -0.05) is 87.4 Å². The minimum atomic E-state index is -0.388. The number of carbonyl (C=O) groups excluding carboxylic acids is 1. The van der Waals surface area contributed by atoms with E-state index in [0.717, 1.165) is 56.3 Å². The monoisotopic (exact) mass is 550 g/mol. The van der Waals surface area contributed by atoms with Gasteiger partial charge >= 0.3 is 0 Å². The van der Waals surface area contributed by atoms with Gasteiger partial charge in [0, 0.05) is 38.9 Å². The van der Waals surface area contributed by atoms with Crippen LogP contribution in [0.2, 0.25) is 0 Å². The number of ketones is 1. The standard InChI is InChI=1S/C38H34N2O2/c1-23-11-15-25(16-12-23)40(26-17-13-24(2)14-18-26)27-19-31-34(39-22-27)36-33(38(31,5)6)21-28(42-36)20-32-35(41)29-9-7-8-10-30(29)37(32,3)4/h7-22H,1-6H3/b32-20+. The zero-order valence-electron chi connectivity index (χ0n) is 24.9. The molecule has 0 aliphatic heterocycles. The van der Waals surface area contributed by atoms with Gasteiger partial charge in [-0.15, -0.1) is 0 Å². The first kappa shape index (κ1) is 26.2. The lowest BCUT2D eigenvalue weighted by Gasteiger charge is -2.27. The first-order valence-corrected chi connectivity index (χ1v) is 14.5. The largest absolute Gasteiger partial charge is 0.455 e. The number of pyridine rings is 1.